The lowest BCUT2D eigenvalue weighted by Crippen LogP contribution is -2.13. The summed E-state index contributed by atoms with van der Waals surface area (Å²) < 4.78 is 17.5. The van der Waals surface area contributed by atoms with Gasteiger partial charge in [0.1, 0.15) is 11.0 Å². The number of nitriles is 1. The van der Waals surface area contributed by atoms with Gasteiger partial charge in [0, 0.05) is 5.69 Å². The van der Waals surface area contributed by atoms with E-state index in [1.54, 1.807) is 18.2 Å². The average Bonchev–Trinajstić information content (AvgIpc) is 2.33. The number of hydrogen-bond donors (Lipinski definition) is 1. The molecule has 2 unspecified atom stereocenters. The molecule has 0 amide bonds. The van der Waals surface area contributed by atoms with Gasteiger partial charge in [-0.3, -0.25) is 4.21 Å². The number of anilines is 1. The summed E-state index contributed by atoms with van der Waals surface area (Å²) in [7, 11) is -1.41. The number of benzene rings is 1. The molecule has 4 nitrogen and oxygen atoms in total. The highest BCUT2D eigenvalue weighted by Gasteiger charge is 2.18. The third-order valence-corrected chi connectivity index (χ3v) is 4.03. The van der Waals surface area contributed by atoms with Crippen molar-refractivity contribution in [2.45, 2.75) is 30.4 Å². The summed E-state index contributed by atoms with van der Waals surface area (Å²) in [5.41, 5.74) is 6.21. The third kappa shape index (κ3) is 3.21. The molecule has 0 aliphatic heterocycles. The first-order valence-corrected chi connectivity index (χ1v) is 6.67. The predicted molar refractivity (Wildman–Crippen MR) is 68.1 cm³/mol. The van der Waals surface area contributed by atoms with Crippen molar-refractivity contribution in [3.63, 3.8) is 0 Å². The molecule has 0 radical (unpaired) electrons. The highest BCUT2D eigenvalue weighted by molar-refractivity contribution is 7.86. The molecule has 0 aliphatic rings. The van der Waals surface area contributed by atoms with E-state index in [1.165, 1.54) is 0 Å². The van der Waals surface area contributed by atoms with E-state index in [0.29, 0.717) is 29.4 Å². The molecule has 17 heavy (non-hydrogen) atoms. The number of hydrogen-bond acceptors (Lipinski definition) is 4. The van der Waals surface area contributed by atoms with Crippen molar-refractivity contribution in [3.05, 3.63) is 18.2 Å². The number of rotatable bonds is 5. The Hall–Kier alpha value is -1.54. The van der Waals surface area contributed by atoms with E-state index in [2.05, 4.69) is 0 Å². The van der Waals surface area contributed by atoms with Crippen LogP contribution in [-0.4, -0.2) is 16.1 Å². The van der Waals surface area contributed by atoms with Gasteiger partial charge in [-0.2, -0.15) is 5.26 Å². The van der Waals surface area contributed by atoms with Crippen LogP contribution in [-0.2, 0) is 10.8 Å². The van der Waals surface area contributed by atoms with E-state index in [1.807, 2.05) is 19.9 Å². The lowest BCUT2D eigenvalue weighted by Gasteiger charge is -2.11. The number of nitrogens with zero attached hydrogens (tertiary/aromatic N) is 1. The van der Waals surface area contributed by atoms with Crippen LogP contribution < -0.4 is 10.5 Å². The molecule has 0 spiro atoms. The highest BCUT2D eigenvalue weighted by atomic mass is 32.2. The minimum Gasteiger partial charge on any atom is -0.494 e. The maximum atomic E-state index is 12.1. The van der Waals surface area contributed by atoms with Gasteiger partial charge in [-0.25, -0.2) is 0 Å². The van der Waals surface area contributed by atoms with Gasteiger partial charge in [-0.05, 0) is 31.5 Å². The quantitative estimate of drug-likeness (QED) is 0.814. The Morgan fingerprint density at radius 1 is 1.53 bits per heavy atom. The van der Waals surface area contributed by atoms with Crippen LogP contribution in [0, 0.1) is 11.3 Å². The molecule has 0 saturated heterocycles. The second-order valence-electron chi connectivity index (χ2n) is 3.46. The number of nitrogen functional groups attached to an aromatic ring is 1. The van der Waals surface area contributed by atoms with Crippen LogP contribution in [0.3, 0.4) is 0 Å². The molecule has 5 heteroatoms. The lowest BCUT2D eigenvalue weighted by molar-refractivity contribution is 0.339. The number of ether oxygens (including phenoxy) is 1. The van der Waals surface area contributed by atoms with E-state index in [9.17, 15) is 4.21 Å². The lowest BCUT2D eigenvalue weighted by atomic mass is 10.3. The Bertz CT molecular complexity index is 454. The van der Waals surface area contributed by atoms with E-state index in [4.69, 9.17) is 15.7 Å². The van der Waals surface area contributed by atoms with Gasteiger partial charge in [0.25, 0.3) is 0 Å². The summed E-state index contributed by atoms with van der Waals surface area (Å²) in [5.74, 6) is 0.623. The second-order valence-corrected chi connectivity index (χ2v) is 5.06. The fourth-order valence-electron chi connectivity index (χ4n) is 1.39. The molecule has 0 bridgehead atoms. The molecule has 0 fully saturated rings. The van der Waals surface area contributed by atoms with Crippen LogP contribution in [0.15, 0.2) is 23.1 Å². The maximum absolute atomic E-state index is 12.1. The van der Waals surface area contributed by atoms with Crippen molar-refractivity contribution >= 4 is 16.5 Å². The molecular formula is C12H16N2O2S. The Balaban J connectivity index is 3.08. The molecule has 1 rings (SSSR count). The minimum absolute atomic E-state index is 0.431. The molecule has 0 saturated carbocycles. The van der Waals surface area contributed by atoms with Gasteiger partial charge in [-0.1, -0.05) is 6.92 Å². The van der Waals surface area contributed by atoms with Gasteiger partial charge in [-0.15, -0.1) is 0 Å². The molecule has 2 N–H and O–H groups in total. The van der Waals surface area contributed by atoms with E-state index < -0.39 is 16.0 Å². The second kappa shape index (κ2) is 6.26. The summed E-state index contributed by atoms with van der Waals surface area (Å²) in [6.45, 7) is 4.23. The fourth-order valence-corrected chi connectivity index (χ4v) is 2.63. The first-order chi connectivity index (χ1) is 8.13. The third-order valence-electron chi connectivity index (χ3n) is 2.29. The van der Waals surface area contributed by atoms with E-state index in [-0.39, 0.29) is 0 Å². The van der Waals surface area contributed by atoms with Gasteiger partial charge in [0.05, 0.1) is 28.4 Å². The standard InChI is InChI=1S/C12H16N2O2S/c1-3-10(8-13)17(15)12-7-9(16-4-2)5-6-11(12)14/h5-7,10H,3-4,14H2,1-2H3. The molecule has 0 aromatic heterocycles. The Morgan fingerprint density at radius 2 is 2.24 bits per heavy atom. The first kappa shape index (κ1) is 13.5. The monoisotopic (exact) mass is 252 g/mol. The number of nitrogens with two attached hydrogens (primary N) is 1. The molecule has 1 aromatic rings. The van der Waals surface area contributed by atoms with Crippen molar-refractivity contribution in [1.29, 1.82) is 5.26 Å². The van der Waals surface area contributed by atoms with Gasteiger partial charge in [0.2, 0.25) is 0 Å². The fraction of sp³-hybridized carbons (Fsp3) is 0.417. The van der Waals surface area contributed by atoms with E-state index >= 15 is 0 Å². The summed E-state index contributed by atoms with van der Waals surface area (Å²) in [6.07, 6.45) is 0.529. The molecule has 0 heterocycles. The van der Waals surface area contributed by atoms with Crippen LogP contribution in [0.5, 0.6) is 5.75 Å². The SMILES string of the molecule is CCOc1ccc(N)c(S(=O)C(C#N)CC)c1. The summed E-state index contributed by atoms with van der Waals surface area (Å²) in [5, 5.41) is 8.37. The normalized spacial score (nSPS) is 13.7. The topological polar surface area (TPSA) is 76.1 Å². The van der Waals surface area contributed by atoms with Gasteiger partial charge < -0.3 is 10.5 Å². The van der Waals surface area contributed by atoms with Crippen molar-refractivity contribution in [2.24, 2.45) is 0 Å². The largest absolute Gasteiger partial charge is 0.494 e. The Labute approximate surface area is 104 Å². The Kier molecular flexibility index (Phi) is 4.98. The molecule has 2 atom stereocenters. The van der Waals surface area contributed by atoms with Crippen molar-refractivity contribution in [2.75, 3.05) is 12.3 Å². The molecule has 1 aromatic carbocycles. The van der Waals surface area contributed by atoms with Crippen LogP contribution in [0.4, 0.5) is 5.69 Å². The van der Waals surface area contributed by atoms with Gasteiger partial charge in [0.15, 0.2) is 0 Å². The Morgan fingerprint density at radius 3 is 2.76 bits per heavy atom. The van der Waals surface area contributed by atoms with Gasteiger partial charge >= 0.3 is 0 Å². The average molecular weight is 252 g/mol. The molecule has 0 aliphatic carbocycles. The van der Waals surface area contributed by atoms with Crippen LogP contribution in [0.25, 0.3) is 0 Å². The van der Waals surface area contributed by atoms with Crippen molar-refractivity contribution in [1.82, 2.24) is 0 Å². The van der Waals surface area contributed by atoms with E-state index in [0.717, 1.165) is 0 Å². The molecule has 92 valence electrons. The zero-order valence-corrected chi connectivity index (χ0v) is 10.8. The zero-order valence-electron chi connectivity index (χ0n) is 9.97. The zero-order chi connectivity index (χ0) is 12.8. The highest BCUT2D eigenvalue weighted by Crippen LogP contribution is 2.25. The first-order valence-electron chi connectivity index (χ1n) is 5.46. The summed E-state index contributed by atoms with van der Waals surface area (Å²) >= 11 is 0. The van der Waals surface area contributed by atoms with Crippen molar-refractivity contribution in [3.8, 4) is 11.8 Å². The van der Waals surface area contributed by atoms with Crippen LogP contribution in [0.2, 0.25) is 0 Å². The molecular weight excluding hydrogens is 236 g/mol. The summed E-state index contributed by atoms with van der Waals surface area (Å²) in [6, 6.07) is 7.06. The maximum Gasteiger partial charge on any atom is 0.126 e. The smallest absolute Gasteiger partial charge is 0.126 e. The summed E-state index contributed by atoms with van der Waals surface area (Å²) in [4.78, 5) is 0.476. The predicted octanol–water partition coefficient (Wildman–Crippen LogP) is 2.08. The van der Waals surface area contributed by atoms with Crippen LogP contribution in [0.1, 0.15) is 20.3 Å². The van der Waals surface area contributed by atoms with Crippen molar-refractivity contribution < 1.29 is 8.95 Å². The minimum atomic E-state index is -1.41. The van der Waals surface area contributed by atoms with Crippen LogP contribution >= 0.6 is 0 Å².